The van der Waals surface area contributed by atoms with Gasteiger partial charge in [0.25, 0.3) is 11.6 Å². The number of thiophene rings is 1. The largest absolute Gasteiger partial charge is 0.497 e. The van der Waals surface area contributed by atoms with Gasteiger partial charge in [0.05, 0.1) is 33.7 Å². The maximum Gasteiger partial charge on any atom is 0.274 e. The average molecular weight is 393 g/mol. The van der Waals surface area contributed by atoms with Crippen molar-refractivity contribution in [3.63, 3.8) is 0 Å². The number of ether oxygens (including phenoxy) is 1. The van der Waals surface area contributed by atoms with Gasteiger partial charge < -0.3 is 10.1 Å². The Labute approximate surface area is 163 Å². The number of aromatic nitrogens is 1. The summed E-state index contributed by atoms with van der Waals surface area (Å²) in [6, 6.07) is 14.0. The summed E-state index contributed by atoms with van der Waals surface area (Å²) in [4.78, 5) is 29.2. The molecule has 0 aliphatic carbocycles. The van der Waals surface area contributed by atoms with E-state index >= 15 is 0 Å². The number of anilines is 1. The highest BCUT2D eigenvalue weighted by molar-refractivity contribution is 7.20. The molecule has 4 aromatic rings. The molecule has 0 atom stereocenters. The first-order chi connectivity index (χ1) is 13.5. The molecule has 4 rings (SSSR count). The third kappa shape index (κ3) is 3.14. The first-order valence-electron chi connectivity index (χ1n) is 8.40. The lowest BCUT2D eigenvalue weighted by Gasteiger charge is -2.07. The van der Waals surface area contributed by atoms with E-state index in [1.54, 1.807) is 32.2 Å². The zero-order valence-corrected chi connectivity index (χ0v) is 15.9. The molecule has 0 aliphatic heterocycles. The first-order valence-corrected chi connectivity index (χ1v) is 9.21. The number of nitrogens with zero attached hydrogens (tertiary/aromatic N) is 2. The Balaban J connectivity index is 1.69. The van der Waals surface area contributed by atoms with Crippen molar-refractivity contribution in [3.8, 4) is 5.75 Å². The molecule has 28 heavy (non-hydrogen) atoms. The van der Waals surface area contributed by atoms with Crippen LogP contribution in [-0.4, -0.2) is 22.9 Å². The molecule has 0 bridgehead atoms. The molecule has 0 saturated heterocycles. The number of amides is 1. The third-order valence-electron chi connectivity index (χ3n) is 4.48. The molecular formula is C20H15N3O4S. The minimum absolute atomic E-state index is 0.0315. The Bertz CT molecular complexity index is 1250. The van der Waals surface area contributed by atoms with Crippen LogP contribution in [0.5, 0.6) is 5.75 Å². The van der Waals surface area contributed by atoms with Crippen LogP contribution >= 0.6 is 11.3 Å². The summed E-state index contributed by atoms with van der Waals surface area (Å²) in [5.74, 6) is 0.413. The minimum atomic E-state index is -0.464. The Morgan fingerprint density at radius 1 is 1.18 bits per heavy atom. The van der Waals surface area contributed by atoms with Gasteiger partial charge in [0, 0.05) is 16.8 Å². The van der Waals surface area contributed by atoms with Gasteiger partial charge >= 0.3 is 0 Å². The van der Waals surface area contributed by atoms with Gasteiger partial charge in [-0.25, -0.2) is 4.98 Å². The number of carbonyl (C=O) groups excluding carboxylic acids is 1. The second kappa shape index (κ2) is 6.90. The van der Waals surface area contributed by atoms with E-state index in [0.29, 0.717) is 16.1 Å². The number of carbonyl (C=O) groups is 1. The van der Waals surface area contributed by atoms with Gasteiger partial charge in [-0.05, 0) is 43.3 Å². The molecule has 2 aromatic carbocycles. The van der Waals surface area contributed by atoms with Crippen molar-refractivity contribution >= 4 is 49.7 Å². The Kier molecular flexibility index (Phi) is 4.40. The minimum Gasteiger partial charge on any atom is -0.497 e. The standard InChI is InChI=1S/C20H15N3O4S/c1-11-15(4-3-5-17(11)23(25)26)21-19(24)18-10-13-8-12-9-14(27-2)6-7-16(12)22-20(13)28-18/h3-10H,1-2H3,(H,21,24). The number of nitro groups is 1. The number of hydrogen-bond acceptors (Lipinski definition) is 6. The number of rotatable bonds is 4. The van der Waals surface area contributed by atoms with Crippen molar-refractivity contribution < 1.29 is 14.5 Å². The zero-order chi connectivity index (χ0) is 19.8. The topological polar surface area (TPSA) is 94.4 Å². The number of methoxy groups -OCH3 is 1. The zero-order valence-electron chi connectivity index (χ0n) is 15.1. The fraction of sp³-hybridized carbons (Fsp3) is 0.100. The van der Waals surface area contributed by atoms with Crippen molar-refractivity contribution in [2.24, 2.45) is 0 Å². The van der Waals surface area contributed by atoms with Crippen molar-refractivity contribution in [2.75, 3.05) is 12.4 Å². The maximum absolute atomic E-state index is 12.7. The van der Waals surface area contributed by atoms with E-state index < -0.39 is 4.92 Å². The predicted molar refractivity (Wildman–Crippen MR) is 109 cm³/mol. The molecule has 2 heterocycles. The lowest BCUT2D eigenvalue weighted by Crippen LogP contribution is -2.11. The number of benzene rings is 2. The summed E-state index contributed by atoms with van der Waals surface area (Å²) in [6.45, 7) is 1.61. The van der Waals surface area contributed by atoms with Crippen LogP contribution in [0.2, 0.25) is 0 Å². The van der Waals surface area contributed by atoms with Gasteiger partial charge in [-0.3, -0.25) is 14.9 Å². The van der Waals surface area contributed by atoms with Crippen LogP contribution in [0.25, 0.3) is 21.1 Å². The van der Waals surface area contributed by atoms with Gasteiger partial charge in [0.15, 0.2) is 0 Å². The fourth-order valence-electron chi connectivity index (χ4n) is 2.99. The quantitative estimate of drug-likeness (QED) is 0.392. The summed E-state index contributed by atoms with van der Waals surface area (Å²) in [5.41, 5.74) is 1.62. The van der Waals surface area contributed by atoms with Crippen LogP contribution in [0, 0.1) is 17.0 Å². The molecule has 2 aromatic heterocycles. The lowest BCUT2D eigenvalue weighted by atomic mass is 10.1. The monoisotopic (exact) mass is 393 g/mol. The molecule has 0 aliphatic rings. The number of fused-ring (bicyclic) bond motifs is 2. The second-order valence-electron chi connectivity index (χ2n) is 6.21. The van der Waals surface area contributed by atoms with Gasteiger partial charge in [0.1, 0.15) is 10.6 Å². The van der Waals surface area contributed by atoms with E-state index in [1.165, 1.54) is 17.4 Å². The molecule has 0 saturated carbocycles. The highest BCUT2D eigenvalue weighted by atomic mass is 32.1. The Hall–Kier alpha value is -3.52. The Morgan fingerprint density at radius 2 is 2.00 bits per heavy atom. The van der Waals surface area contributed by atoms with Crippen LogP contribution in [0.1, 0.15) is 15.2 Å². The highest BCUT2D eigenvalue weighted by Gasteiger charge is 2.17. The van der Waals surface area contributed by atoms with Gasteiger partial charge in [0.2, 0.25) is 0 Å². The van der Waals surface area contributed by atoms with Crippen LogP contribution in [-0.2, 0) is 0 Å². The second-order valence-corrected chi connectivity index (χ2v) is 7.24. The van der Waals surface area contributed by atoms with Crippen LogP contribution in [0.3, 0.4) is 0 Å². The molecule has 7 nitrogen and oxygen atoms in total. The molecule has 0 unspecified atom stereocenters. The normalized spacial score (nSPS) is 10.9. The Morgan fingerprint density at radius 3 is 2.75 bits per heavy atom. The number of nitro benzene ring substituents is 1. The van der Waals surface area contributed by atoms with Crippen molar-refractivity contribution in [1.29, 1.82) is 0 Å². The number of hydrogen-bond donors (Lipinski definition) is 1. The summed E-state index contributed by atoms with van der Waals surface area (Å²) >= 11 is 1.28. The predicted octanol–water partition coefficient (Wildman–Crippen LogP) is 4.93. The van der Waals surface area contributed by atoms with E-state index in [1.807, 2.05) is 24.3 Å². The molecule has 0 fully saturated rings. The third-order valence-corrected chi connectivity index (χ3v) is 5.53. The van der Waals surface area contributed by atoms with Crippen LogP contribution in [0.4, 0.5) is 11.4 Å². The van der Waals surface area contributed by atoms with Crippen molar-refractivity contribution in [2.45, 2.75) is 6.92 Å². The van der Waals surface area contributed by atoms with Crippen molar-refractivity contribution in [3.05, 3.63) is 69.1 Å². The summed E-state index contributed by atoms with van der Waals surface area (Å²) in [7, 11) is 1.61. The number of nitrogens with one attached hydrogen (secondary N) is 1. The summed E-state index contributed by atoms with van der Waals surface area (Å²) < 4.78 is 5.24. The van der Waals surface area contributed by atoms with E-state index in [9.17, 15) is 14.9 Å². The molecule has 0 radical (unpaired) electrons. The summed E-state index contributed by atoms with van der Waals surface area (Å²) in [6.07, 6.45) is 0. The van der Waals surface area contributed by atoms with Crippen molar-refractivity contribution in [1.82, 2.24) is 4.98 Å². The highest BCUT2D eigenvalue weighted by Crippen LogP contribution is 2.31. The van der Waals surface area contributed by atoms with Crippen LogP contribution < -0.4 is 10.1 Å². The SMILES string of the molecule is COc1ccc2nc3sc(C(=O)Nc4cccc([N+](=O)[O-])c4C)cc3cc2c1. The first kappa shape index (κ1) is 17.9. The lowest BCUT2D eigenvalue weighted by molar-refractivity contribution is -0.385. The van der Waals surface area contributed by atoms with E-state index in [2.05, 4.69) is 10.3 Å². The van der Waals surface area contributed by atoms with E-state index in [0.717, 1.165) is 26.9 Å². The molecule has 1 amide bonds. The van der Waals surface area contributed by atoms with E-state index in [4.69, 9.17) is 4.74 Å². The molecule has 1 N–H and O–H groups in total. The molecule has 0 spiro atoms. The van der Waals surface area contributed by atoms with E-state index in [-0.39, 0.29) is 11.6 Å². The fourth-order valence-corrected chi connectivity index (χ4v) is 3.91. The number of pyridine rings is 1. The molecule has 8 heteroatoms. The van der Waals surface area contributed by atoms with Gasteiger partial charge in [-0.2, -0.15) is 0 Å². The molecule has 140 valence electrons. The summed E-state index contributed by atoms with van der Waals surface area (Å²) in [5, 5.41) is 15.6. The van der Waals surface area contributed by atoms with Gasteiger partial charge in [-0.1, -0.05) is 6.07 Å². The average Bonchev–Trinajstić information content (AvgIpc) is 3.10. The van der Waals surface area contributed by atoms with Crippen LogP contribution in [0.15, 0.2) is 48.5 Å². The maximum atomic E-state index is 12.7. The molecular weight excluding hydrogens is 378 g/mol. The van der Waals surface area contributed by atoms with Gasteiger partial charge in [-0.15, -0.1) is 11.3 Å². The smallest absolute Gasteiger partial charge is 0.274 e.